The third kappa shape index (κ3) is 7.95. The van der Waals surface area contributed by atoms with Gasteiger partial charge in [-0.15, -0.1) is 0 Å². The Balaban J connectivity index is 0.000000355. The minimum Gasteiger partial charge on any atom is -0.507 e. The minimum atomic E-state index is -3.64. The number of aryl methyl sites for hydroxylation is 3. The summed E-state index contributed by atoms with van der Waals surface area (Å²) in [5, 5.41) is 20.2. The summed E-state index contributed by atoms with van der Waals surface area (Å²) < 4.78 is 20.5. The molecule has 0 aliphatic carbocycles. The monoisotopic (exact) mass is 628 g/mol. The Kier molecular flexibility index (Phi) is 11.3. The van der Waals surface area contributed by atoms with Crippen molar-refractivity contribution in [3.8, 4) is 11.5 Å². The highest BCUT2D eigenvalue weighted by atomic mass is 31.2. The summed E-state index contributed by atoms with van der Waals surface area (Å²) in [5.74, 6) is 1.02. The van der Waals surface area contributed by atoms with Crippen molar-refractivity contribution in [2.45, 2.75) is 80.1 Å². The van der Waals surface area contributed by atoms with Gasteiger partial charge in [-0.25, -0.2) is 0 Å². The van der Waals surface area contributed by atoms with Crippen LogP contribution in [0.15, 0.2) is 78.9 Å². The second-order valence-corrected chi connectivity index (χ2v) is 16.4. The molecule has 6 heteroatoms. The van der Waals surface area contributed by atoms with Gasteiger partial charge in [-0.3, -0.25) is 4.79 Å². The smallest absolute Gasteiger partial charge is 0.230 e. The zero-order chi connectivity index (χ0) is 33.7. The first kappa shape index (κ1) is 35.8. The molecule has 2 N–H and O–H groups in total. The first-order chi connectivity index (χ1) is 20.9. The van der Waals surface area contributed by atoms with Gasteiger partial charge in [-0.1, -0.05) is 126 Å². The van der Waals surface area contributed by atoms with Gasteiger partial charge in [0.25, 0.3) is 0 Å². The first-order valence-electron chi connectivity index (χ1n) is 15.4. The van der Waals surface area contributed by atoms with Gasteiger partial charge in [0.1, 0.15) is 18.1 Å². The highest BCUT2D eigenvalue weighted by Crippen LogP contribution is 2.49. The lowest BCUT2D eigenvalue weighted by Crippen LogP contribution is -2.25. The van der Waals surface area contributed by atoms with Crippen LogP contribution < -0.4 is 15.3 Å². The van der Waals surface area contributed by atoms with Gasteiger partial charge in [0.15, 0.2) is 0 Å². The topological polar surface area (TPSA) is 83.8 Å². The third-order valence-electron chi connectivity index (χ3n) is 7.85. The molecule has 0 radical (unpaired) electrons. The number of benzene rings is 4. The van der Waals surface area contributed by atoms with E-state index in [-0.39, 0.29) is 24.0 Å². The fourth-order valence-corrected chi connectivity index (χ4v) is 8.14. The van der Waals surface area contributed by atoms with E-state index in [0.717, 1.165) is 22.3 Å². The van der Waals surface area contributed by atoms with Gasteiger partial charge in [0.05, 0.1) is 6.61 Å². The molecule has 45 heavy (non-hydrogen) atoms. The number of carbonyl (C=O) groups is 1. The Labute approximate surface area is 269 Å². The summed E-state index contributed by atoms with van der Waals surface area (Å²) >= 11 is 0. The van der Waals surface area contributed by atoms with E-state index in [1.54, 1.807) is 48.5 Å². The number of hydrogen-bond acceptors (Lipinski definition) is 5. The van der Waals surface area contributed by atoms with Crippen LogP contribution in [0.4, 0.5) is 0 Å². The predicted molar refractivity (Wildman–Crippen MR) is 188 cm³/mol. The summed E-state index contributed by atoms with van der Waals surface area (Å²) in [6, 6.07) is 23.9. The molecule has 5 nitrogen and oxygen atoms in total. The molecule has 0 aliphatic rings. The van der Waals surface area contributed by atoms with E-state index in [1.165, 1.54) is 5.56 Å². The van der Waals surface area contributed by atoms with Crippen LogP contribution >= 0.6 is 7.14 Å². The van der Waals surface area contributed by atoms with Crippen molar-refractivity contribution in [1.82, 2.24) is 0 Å². The summed E-state index contributed by atoms with van der Waals surface area (Å²) in [6.07, 6.45) is 0. The van der Waals surface area contributed by atoms with Gasteiger partial charge in [0, 0.05) is 27.3 Å². The molecule has 0 saturated carbocycles. The maximum absolute atomic E-state index is 14.6. The highest BCUT2D eigenvalue weighted by Gasteiger charge is 2.39. The molecular formula is C39H49O5P. The van der Waals surface area contributed by atoms with Crippen molar-refractivity contribution >= 4 is 23.3 Å². The lowest BCUT2D eigenvalue weighted by Gasteiger charge is -2.28. The number of rotatable bonds is 7. The quantitative estimate of drug-likeness (QED) is 0.201. The van der Waals surface area contributed by atoms with Gasteiger partial charge < -0.3 is 19.5 Å². The Bertz CT molecular complexity index is 1630. The van der Waals surface area contributed by atoms with Crippen LogP contribution in [0.2, 0.25) is 0 Å². The van der Waals surface area contributed by atoms with Crippen LogP contribution in [0.5, 0.6) is 11.5 Å². The van der Waals surface area contributed by atoms with Gasteiger partial charge >= 0.3 is 0 Å². The summed E-state index contributed by atoms with van der Waals surface area (Å²) in [4.78, 5) is 14.1. The molecule has 0 spiro atoms. The molecule has 0 aliphatic heterocycles. The molecule has 0 bridgehead atoms. The summed E-state index contributed by atoms with van der Waals surface area (Å²) in [7, 11) is -3.64. The Hall–Kier alpha value is -3.66. The van der Waals surface area contributed by atoms with E-state index in [2.05, 4.69) is 54.5 Å². The summed E-state index contributed by atoms with van der Waals surface area (Å²) in [5.41, 5.74) is 5.37. The second kappa shape index (κ2) is 14.2. The zero-order valence-corrected chi connectivity index (χ0v) is 29.4. The molecule has 0 saturated heterocycles. The van der Waals surface area contributed by atoms with Crippen LogP contribution in [0.3, 0.4) is 0 Å². The molecule has 0 aromatic heterocycles. The third-order valence-corrected chi connectivity index (χ3v) is 10.7. The maximum atomic E-state index is 14.6. The van der Waals surface area contributed by atoms with E-state index in [0.29, 0.717) is 33.2 Å². The van der Waals surface area contributed by atoms with Crippen molar-refractivity contribution in [3.05, 3.63) is 118 Å². The second-order valence-electron chi connectivity index (χ2n) is 13.7. The molecule has 240 valence electrons. The molecule has 0 amide bonds. The minimum absolute atomic E-state index is 0.0147. The standard InChI is InChI=1S/C27H31O4P.C12H18O/c1-19-18-23(27(3,4)5)25(31-17-16-28)20(2)24(19)26(29)32(30,21-12-8-6-9-13-21)22-14-10-7-11-15-22;1-8-6-9(2)11(13)10(7-8)12(3,4)5/h6-15,18,28H,16-17H2,1-5H3;6-7,13H,1-5H3. The fraction of sp³-hybridized carbons (Fsp3) is 0.359. The van der Waals surface area contributed by atoms with Crippen LogP contribution in [0.25, 0.3) is 0 Å². The molecule has 0 heterocycles. The van der Waals surface area contributed by atoms with E-state index < -0.39 is 12.7 Å². The Morgan fingerprint density at radius 1 is 0.733 bits per heavy atom. The van der Waals surface area contributed by atoms with Crippen LogP contribution in [-0.4, -0.2) is 29.0 Å². The maximum Gasteiger partial charge on any atom is 0.230 e. The van der Waals surface area contributed by atoms with Crippen molar-refractivity contribution < 1.29 is 24.3 Å². The fourth-order valence-electron chi connectivity index (χ4n) is 5.53. The van der Waals surface area contributed by atoms with Crippen molar-refractivity contribution in [1.29, 1.82) is 0 Å². The number of aliphatic hydroxyl groups excluding tert-OH is 1. The number of hydrogen-bond donors (Lipinski definition) is 2. The lowest BCUT2D eigenvalue weighted by molar-refractivity contribution is 0.107. The Morgan fingerprint density at radius 3 is 1.67 bits per heavy atom. The zero-order valence-electron chi connectivity index (χ0n) is 28.5. The molecule has 4 rings (SSSR count). The average Bonchev–Trinajstić information content (AvgIpc) is 2.98. The lowest BCUT2D eigenvalue weighted by atomic mass is 9.83. The van der Waals surface area contributed by atoms with Gasteiger partial charge in [0.2, 0.25) is 12.7 Å². The van der Waals surface area contributed by atoms with Gasteiger partial charge in [-0.2, -0.15) is 0 Å². The van der Waals surface area contributed by atoms with Gasteiger partial charge in [-0.05, 0) is 55.2 Å². The van der Waals surface area contributed by atoms with E-state index in [9.17, 15) is 19.6 Å². The number of phenols is 1. The summed E-state index contributed by atoms with van der Waals surface area (Å²) in [6.45, 7) is 20.3. The molecule has 0 atom stereocenters. The number of carbonyl (C=O) groups excluding carboxylic acids is 1. The van der Waals surface area contributed by atoms with Crippen molar-refractivity contribution in [2.75, 3.05) is 13.2 Å². The van der Waals surface area contributed by atoms with Crippen molar-refractivity contribution in [3.63, 3.8) is 0 Å². The van der Waals surface area contributed by atoms with Crippen LogP contribution in [0, 0.1) is 27.7 Å². The molecular weight excluding hydrogens is 579 g/mol. The number of aromatic hydroxyl groups is 1. The normalized spacial score (nSPS) is 11.9. The number of phenolic OH excluding ortho intramolecular Hbond substituents is 1. The average molecular weight is 629 g/mol. The van der Waals surface area contributed by atoms with E-state index in [1.807, 2.05) is 45.0 Å². The van der Waals surface area contributed by atoms with E-state index >= 15 is 0 Å². The number of ether oxygens (including phenoxy) is 1. The largest absolute Gasteiger partial charge is 0.507 e. The highest BCUT2D eigenvalue weighted by molar-refractivity contribution is 7.93. The predicted octanol–water partition coefficient (Wildman–Crippen LogP) is 8.43. The molecule has 0 fully saturated rings. The molecule has 4 aromatic carbocycles. The van der Waals surface area contributed by atoms with Crippen LogP contribution in [-0.2, 0) is 15.4 Å². The first-order valence-corrected chi connectivity index (χ1v) is 17.1. The van der Waals surface area contributed by atoms with Crippen LogP contribution in [0.1, 0.15) is 85.3 Å². The van der Waals surface area contributed by atoms with E-state index in [4.69, 9.17) is 4.74 Å². The number of aliphatic hydroxyl groups is 1. The molecule has 4 aromatic rings. The Morgan fingerprint density at radius 2 is 1.22 bits per heavy atom. The SMILES string of the molecule is Cc1cc(C(C)(C)C)c(OCCO)c(C)c1C(=O)P(=O)(c1ccccc1)c1ccccc1.Cc1cc(C)c(O)c(C(C)(C)C)c1. The van der Waals surface area contributed by atoms with Crippen molar-refractivity contribution in [2.24, 2.45) is 0 Å². The molecule has 0 unspecified atom stereocenters.